The summed E-state index contributed by atoms with van der Waals surface area (Å²) in [5.41, 5.74) is 0.490. The zero-order valence-electron chi connectivity index (χ0n) is 7.46. The summed E-state index contributed by atoms with van der Waals surface area (Å²) >= 11 is 4.85. The lowest BCUT2D eigenvalue weighted by Crippen LogP contribution is -2.07. The Kier molecular flexibility index (Phi) is 2.09. The van der Waals surface area contributed by atoms with Gasteiger partial charge in [-0.05, 0) is 24.4 Å². The summed E-state index contributed by atoms with van der Waals surface area (Å²) < 4.78 is 5.35. The Labute approximate surface area is 84.6 Å². The van der Waals surface area contributed by atoms with Crippen LogP contribution in [0.1, 0.15) is 0 Å². The molecule has 0 spiro atoms. The Morgan fingerprint density at radius 3 is 2.86 bits per heavy atom. The summed E-state index contributed by atoms with van der Waals surface area (Å²) in [5.74, 6) is 0.689. The first kappa shape index (κ1) is 8.96. The van der Waals surface area contributed by atoms with Crippen LogP contribution in [-0.2, 0) is 0 Å². The number of rotatable bonds is 1. The van der Waals surface area contributed by atoms with Gasteiger partial charge in [-0.1, -0.05) is 0 Å². The van der Waals surface area contributed by atoms with E-state index in [2.05, 4.69) is 9.97 Å². The fourth-order valence-electron chi connectivity index (χ4n) is 1.28. The first-order chi connectivity index (χ1) is 6.70. The average Bonchev–Trinajstić information content (AvgIpc) is 2.16. The molecular weight excluding hydrogens is 200 g/mol. The van der Waals surface area contributed by atoms with Gasteiger partial charge in [0, 0.05) is 6.07 Å². The SMILES string of the molecule is COc1ccc2c(=O)[nH]c(=S)[nH]c2c1. The molecule has 4 nitrogen and oxygen atoms in total. The maximum atomic E-state index is 11.4. The lowest BCUT2D eigenvalue weighted by Gasteiger charge is -2.01. The molecule has 0 amide bonds. The van der Waals surface area contributed by atoms with Crippen molar-refractivity contribution in [2.45, 2.75) is 0 Å². The first-order valence-electron chi connectivity index (χ1n) is 4.01. The molecule has 0 unspecified atom stereocenters. The van der Waals surface area contributed by atoms with Crippen molar-refractivity contribution in [1.29, 1.82) is 0 Å². The third-order valence-corrected chi connectivity index (χ3v) is 2.15. The molecule has 0 atom stereocenters. The minimum absolute atomic E-state index is 0.189. The van der Waals surface area contributed by atoms with Gasteiger partial charge in [0.25, 0.3) is 5.56 Å². The minimum atomic E-state index is -0.189. The lowest BCUT2D eigenvalue weighted by atomic mass is 10.2. The van der Waals surface area contributed by atoms with E-state index >= 15 is 0 Å². The number of fused-ring (bicyclic) bond motifs is 1. The molecule has 0 aliphatic carbocycles. The van der Waals surface area contributed by atoms with Crippen LogP contribution in [0.15, 0.2) is 23.0 Å². The van der Waals surface area contributed by atoms with E-state index in [1.54, 1.807) is 25.3 Å². The smallest absolute Gasteiger partial charge is 0.259 e. The standard InChI is InChI=1S/C9H8N2O2S/c1-13-5-2-3-6-7(4-5)10-9(14)11-8(6)12/h2-4H,1H3,(H2,10,11,12,14). The summed E-state index contributed by atoms with van der Waals surface area (Å²) in [4.78, 5) is 16.8. The highest BCUT2D eigenvalue weighted by Crippen LogP contribution is 2.15. The largest absolute Gasteiger partial charge is 0.497 e. The third-order valence-electron chi connectivity index (χ3n) is 1.95. The molecule has 0 bridgehead atoms. The van der Waals surface area contributed by atoms with Crippen molar-refractivity contribution >= 4 is 23.1 Å². The zero-order chi connectivity index (χ0) is 10.1. The molecule has 2 rings (SSSR count). The van der Waals surface area contributed by atoms with Crippen LogP contribution in [0, 0.1) is 4.77 Å². The van der Waals surface area contributed by atoms with Gasteiger partial charge in [-0.15, -0.1) is 0 Å². The maximum absolute atomic E-state index is 11.4. The molecule has 1 aromatic heterocycles. The van der Waals surface area contributed by atoms with Crippen LogP contribution < -0.4 is 10.3 Å². The molecule has 0 saturated heterocycles. The summed E-state index contributed by atoms with van der Waals surface area (Å²) in [6.07, 6.45) is 0. The predicted octanol–water partition coefficient (Wildman–Crippen LogP) is 1.59. The molecule has 0 fully saturated rings. The number of hydrogen-bond acceptors (Lipinski definition) is 3. The second-order valence-corrected chi connectivity index (χ2v) is 3.23. The highest BCUT2D eigenvalue weighted by Gasteiger charge is 2.00. The molecule has 0 aliphatic rings. The van der Waals surface area contributed by atoms with Crippen LogP contribution >= 0.6 is 12.2 Å². The van der Waals surface area contributed by atoms with Gasteiger partial charge in [0.15, 0.2) is 4.77 Å². The summed E-state index contributed by atoms with van der Waals surface area (Å²) in [6.45, 7) is 0. The molecule has 0 radical (unpaired) electrons. The molecule has 2 aromatic rings. The summed E-state index contributed by atoms with van der Waals surface area (Å²) in [6, 6.07) is 5.16. The van der Waals surface area contributed by atoms with Gasteiger partial charge in [-0.2, -0.15) is 0 Å². The van der Waals surface area contributed by atoms with Gasteiger partial charge in [0.1, 0.15) is 5.75 Å². The molecule has 0 saturated carbocycles. The van der Waals surface area contributed by atoms with E-state index in [-0.39, 0.29) is 5.56 Å². The fraction of sp³-hybridized carbons (Fsp3) is 0.111. The Morgan fingerprint density at radius 2 is 2.14 bits per heavy atom. The molecule has 72 valence electrons. The Balaban J connectivity index is 2.89. The number of hydrogen-bond donors (Lipinski definition) is 2. The quantitative estimate of drug-likeness (QED) is 0.700. The van der Waals surface area contributed by atoms with E-state index in [4.69, 9.17) is 17.0 Å². The van der Waals surface area contributed by atoms with Crippen molar-refractivity contribution in [3.05, 3.63) is 33.3 Å². The van der Waals surface area contributed by atoms with Gasteiger partial charge >= 0.3 is 0 Å². The van der Waals surface area contributed by atoms with Crippen molar-refractivity contribution in [2.24, 2.45) is 0 Å². The zero-order valence-corrected chi connectivity index (χ0v) is 8.27. The van der Waals surface area contributed by atoms with Gasteiger partial charge in [-0.3, -0.25) is 9.78 Å². The lowest BCUT2D eigenvalue weighted by molar-refractivity contribution is 0.415. The van der Waals surface area contributed by atoms with Crippen molar-refractivity contribution in [1.82, 2.24) is 9.97 Å². The number of benzene rings is 1. The van der Waals surface area contributed by atoms with Crippen molar-refractivity contribution in [3.8, 4) is 5.75 Å². The number of ether oxygens (including phenoxy) is 1. The molecule has 2 N–H and O–H groups in total. The number of aromatic nitrogens is 2. The van der Waals surface area contributed by atoms with Gasteiger partial charge in [0.2, 0.25) is 0 Å². The average molecular weight is 208 g/mol. The second-order valence-electron chi connectivity index (χ2n) is 2.82. The monoisotopic (exact) mass is 208 g/mol. The Morgan fingerprint density at radius 1 is 1.36 bits per heavy atom. The fourth-order valence-corrected chi connectivity index (χ4v) is 1.48. The third kappa shape index (κ3) is 1.42. The molecule has 0 aliphatic heterocycles. The van der Waals surface area contributed by atoms with Gasteiger partial charge in [-0.25, -0.2) is 0 Å². The van der Waals surface area contributed by atoms with Crippen molar-refractivity contribution in [2.75, 3.05) is 7.11 Å². The maximum Gasteiger partial charge on any atom is 0.259 e. The van der Waals surface area contributed by atoms with Crippen LogP contribution in [0.4, 0.5) is 0 Å². The minimum Gasteiger partial charge on any atom is -0.497 e. The summed E-state index contributed by atoms with van der Waals surface area (Å²) in [5, 5.41) is 0.569. The van der Waals surface area contributed by atoms with Crippen LogP contribution in [-0.4, -0.2) is 17.1 Å². The molecule has 1 aromatic carbocycles. The van der Waals surface area contributed by atoms with E-state index in [0.29, 0.717) is 21.4 Å². The highest BCUT2D eigenvalue weighted by molar-refractivity contribution is 7.71. The molecule has 14 heavy (non-hydrogen) atoms. The van der Waals surface area contributed by atoms with Crippen LogP contribution in [0.25, 0.3) is 10.9 Å². The number of H-pyrrole nitrogens is 2. The van der Waals surface area contributed by atoms with Crippen LogP contribution in [0.3, 0.4) is 0 Å². The predicted molar refractivity (Wildman–Crippen MR) is 56.3 cm³/mol. The molecular formula is C9H8N2O2S. The number of nitrogens with one attached hydrogen (secondary N) is 2. The van der Waals surface area contributed by atoms with E-state index in [9.17, 15) is 4.79 Å². The van der Waals surface area contributed by atoms with Gasteiger partial charge in [0.05, 0.1) is 18.0 Å². The number of methoxy groups -OCH3 is 1. The topological polar surface area (TPSA) is 57.9 Å². The molecule has 5 heteroatoms. The van der Waals surface area contributed by atoms with Crippen LogP contribution in [0.5, 0.6) is 5.75 Å². The van der Waals surface area contributed by atoms with Gasteiger partial charge < -0.3 is 9.72 Å². The molecule has 1 heterocycles. The van der Waals surface area contributed by atoms with Crippen LogP contribution in [0.2, 0.25) is 0 Å². The normalized spacial score (nSPS) is 10.4. The number of aromatic amines is 2. The summed E-state index contributed by atoms with van der Waals surface area (Å²) in [7, 11) is 1.57. The Hall–Kier alpha value is -1.62. The second kappa shape index (κ2) is 3.26. The van der Waals surface area contributed by atoms with E-state index in [1.807, 2.05) is 0 Å². The van der Waals surface area contributed by atoms with E-state index < -0.39 is 0 Å². The highest BCUT2D eigenvalue weighted by atomic mass is 32.1. The first-order valence-corrected chi connectivity index (χ1v) is 4.42. The van der Waals surface area contributed by atoms with Crippen molar-refractivity contribution < 1.29 is 4.74 Å². The van der Waals surface area contributed by atoms with Crippen molar-refractivity contribution in [3.63, 3.8) is 0 Å². The Bertz CT molecular complexity index is 585. The van der Waals surface area contributed by atoms with E-state index in [1.165, 1.54) is 0 Å². The van der Waals surface area contributed by atoms with E-state index in [0.717, 1.165) is 0 Å².